The number of benzene rings is 1. The molecule has 6 heteroatoms. The number of carbonyl (C=O) groups excluding carboxylic acids is 1. The topological polar surface area (TPSA) is 41.6 Å². The molecule has 0 radical (unpaired) electrons. The van der Waals surface area contributed by atoms with E-state index in [4.69, 9.17) is 4.74 Å². The van der Waals surface area contributed by atoms with Crippen LogP contribution in [0.4, 0.5) is 5.69 Å². The van der Waals surface area contributed by atoms with Crippen LogP contribution in [0.1, 0.15) is 12.0 Å². The minimum atomic E-state index is 0. The normalized spacial score (nSPS) is 20.6. The van der Waals surface area contributed by atoms with Gasteiger partial charge < -0.3 is 15.0 Å². The zero-order valence-electron chi connectivity index (χ0n) is 12.1. The van der Waals surface area contributed by atoms with Gasteiger partial charge in [0.15, 0.2) is 0 Å². The van der Waals surface area contributed by atoms with E-state index in [0.29, 0.717) is 12.5 Å². The Morgan fingerprint density at radius 3 is 3.10 bits per heavy atom. The number of methoxy groups -OCH3 is 1. The number of amides is 1. The first-order chi connectivity index (χ1) is 9.78. The van der Waals surface area contributed by atoms with Crippen LogP contribution in [0.5, 0.6) is 5.75 Å². The van der Waals surface area contributed by atoms with Gasteiger partial charge in [0.1, 0.15) is 5.75 Å². The molecule has 1 N–H and O–H groups in total. The van der Waals surface area contributed by atoms with Crippen molar-refractivity contribution in [2.45, 2.75) is 18.9 Å². The van der Waals surface area contributed by atoms with Gasteiger partial charge in [-0.15, -0.1) is 12.4 Å². The summed E-state index contributed by atoms with van der Waals surface area (Å²) in [6.45, 7) is 1.80. The fourth-order valence-corrected chi connectivity index (χ4v) is 3.79. The van der Waals surface area contributed by atoms with Crippen LogP contribution in [-0.4, -0.2) is 43.7 Å². The Morgan fingerprint density at radius 1 is 1.52 bits per heavy atom. The Hall–Kier alpha value is -0.910. The van der Waals surface area contributed by atoms with Crippen molar-refractivity contribution in [3.05, 3.63) is 23.8 Å². The smallest absolute Gasteiger partial charge is 0.228 e. The molecule has 1 amide bonds. The molecule has 2 aliphatic heterocycles. The second kappa shape index (κ2) is 7.38. The van der Waals surface area contributed by atoms with E-state index in [1.54, 1.807) is 7.11 Å². The molecule has 1 atom stereocenters. The minimum Gasteiger partial charge on any atom is -0.497 e. The fourth-order valence-electron chi connectivity index (χ4n) is 2.84. The third-order valence-corrected chi connectivity index (χ3v) is 5.03. The van der Waals surface area contributed by atoms with Crippen LogP contribution < -0.4 is 15.0 Å². The molecule has 21 heavy (non-hydrogen) atoms. The molecule has 1 aromatic rings. The molecule has 0 saturated carbocycles. The summed E-state index contributed by atoms with van der Waals surface area (Å²) in [5, 5.41) is 3.43. The van der Waals surface area contributed by atoms with Gasteiger partial charge in [0, 0.05) is 42.7 Å². The monoisotopic (exact) mass is 328 g/mol. The molecule has 4 nitrogen and oxygen atoms in total. The number of thioether (sulfide) groups is 1. The molecule has 0 aliphatic carbocycles. The molecule has 1 saturated heterocycles. The third-order valence-electron chi connectivity index (χ3n) is 3.90. The van der Waals surface area contributed by atoms with E-state index in [-0.39, 0.29) is 18.3 Å². The summed E-state index contributed by atoms with van der Waals surface area (Å²) in [5.74, 6) is 3.28. The maximum atomic E-state index is 12.5. The standard InChI is InChI=1S/C15H20N2O2S.ClH/c1-19-13-2-3-14-11(8-13)4-6-17(14)15(18)9-12-10-20-7-5-16-12;/h2-3,8,12,16H,4-7,9-10H2,1H3;1H. The first-order valence-corrected chi connectivity index (χ1v) is 8.22. The molecule has 2 aliphatic rings. The van der Waals surface area contributed by atoms with E-state index in [1.807, 2.05) is 34.9 Å². The summed E-state index contributed by atoms with van der Waals surface area (Å²) in [5.41, 5.74) is 2.27. The van der Waals surface area contributed by atoms with E-state index in [1.165, 1.54) is 5.56 Å². The van der Waals surface area contributed by atoms with Gasteiger partial charge in [-0.2, -0.15) is 11.8 Å². The van der Waals surface area contributed by atoms with Crippen molar-refractivity contribution < 1.29 is 9.53 Å². The van der Waals surface area contributed by atoms with Crippen LogP contribution in [-0.2, 0) is 11.2 Å². The van der Waals surface area contributed by atoms with Crippen LogP contribution >= 0.6 is 24.2 Å². The molecule has 2 heterocycles. The van der Waals surface area contributed by atoms with Crippen molar-refractivity contribution in [2.24, 2.45) is 0 Å². The molecule has 0 spiro atoms. The van der Waals surface area contributed by atoms with Crippen LogP contribution in [0.15, 0.2) is 18.2 Å². The minimum absolute atomic E-state index is 0. The summed E-state index contributed by atoms with van der Waals surface area (Å²) in [6.07, 6.45) is 1.52. The number of nitrogens with zero attached hydrogens (tertiary/aromatic N) is 1. The van der Waals surface area contributed by atoms with E-state index >= 15 is 0 Å². The van der Waals surface area contributed by atoms with E-state index in [9.17, 15) is 4.79 Å². The average molecular weight is 329 g/mol. The van der Waals surface area contributed by atoms with E-state index in [0.717, 1.165) is 42.5 Å². The van der Waals surface area contributed by atoms with Crippen LogP contribution in [0, 0.1) is 0 Å². The van der Waals surface area contributed by atoms with E-state index < -0.39 is 0 Å². The lowest BCUT2D eigenvalue weighted by Crippen LogP contribution is -2.42. The summed E-state index contributed by atoms with van der Waals surface area (Å²) in [4.78, 5) is 14.4. The number of hydrogen-bond donors (Lipinski definition) is 1. The predicted molar refractivity (Wildman–Crippen MR) is 90.0 cm³/mol. The number of hydrogen-bond acceptors (Lipinski definition) is 4. The maximum absolute atomic E-state index is 12.5. The Labute approximate surface area is 136 Å². The lowest BCUT2D eigenvalue weighted by atomic mass is 10.1. The van der Waals surface area contributed by atoms with Gasteiger partial charge >= 0.3 is 0 Å². The molecular formula is C15H21ClN2O2S. The lowest BCUT2D eigenvalue weighted by Gasteiger charge is -2.25. The van der Waals surface area contributed by atoms with Gasteiger partial charge in [0.25, 0.3) is 0 Å². The Bertz CT molecular complexity index is 506. The highest BCUT2D eigenvalue weighted by molar-refractivity contribution is 7.99. The van der Waals surface area contributed by atoms with Gasteiger partial charge in [-0.25, -0.2) is 0 Å². The second-order valence-electron chi connectivity index (χ2n) is 5.22. The SMILES string of the molecule is COc1ccc2c(c1)CCN2C(=O)CC1CSCCN1.Cl. The van der Waals surface area contributed by atoms with Gasteiger partial charge in [-0.1, -0.05) is 0 Å². The number of rotatable bonds is 3. The Kier molecular flexibility index (Phi) is 5.79. The van der Waals surface area contributed by atoms with E-state index in [2.05, 4.69) is 5.32 Å². The molecule has 3 rings (SSSR count). The second-order valence-corrected chi connectivity index (χ2v) is 6.37. The van der Waals surface area contributed by atoms with Gasteiger partial charge in [-0.3, -0.25) is 4.79 Å². The fraction of sp³-hybridized carbons (Fsp3) is 0.533. The van der Waals surface area contributed by atoms with Crippen molar-refractivity contribution in [3.63, 3.8) is 0 Å². The van der Waals surface area contributed by atoms with Crippen molar-refractivity contribution in [3.8, 4) is 5.75 Å². The third kappa shape index (κ3) is 3.65. The predicted octanol–water partition coefficient (Wildman–Crippen LogP) is 2.10. The van der Waals surface area contributed by atoms with Crippen molar-refractivity contribution in [1.82, 2.24) is 5.32 Å². The molecule has 1 aromatic carbocycles. The van der Waals surface area contributed by atoms with Gasteiger partial charge in [0.05, 0.1) is 7.11 Å². The highest BCUT2D eigenvalue weighted by Crippen LogP contribution is 2.31. The first kappa shape index (κ1) is 16.5. The molecule has 1 unspecified atom stereocenters. The molecule has 0 aromatic heterocycles. The largest absolute Gasteiger partial charge is 0.497 e. The number of ether oxygens (including phenoxy) is 1. The number of anilines is 1. The number of fused-ring (bicyclic) bond motifs is 1. The lowest BCUT2D eigenvalue weighted by molar-refractivity contribution is -0.118. The Balaban J connectivity index is 0.00000161. The maximum Gasteiger partial charge on any atom is 0.228 e. The summed E-state index contributed by atoms with van der Waals surface area (Å²) >= 11 is 1.93. The first-order valence-electron chi connectivity index (χ1n) is 7.06. The van der Waals surface area contributed by atoms with Crippen LogP contribution in [0.2, 0.25) is 0 Å². The van der Waals surface area contributed by atoms with Crippen LogP contribution in [0.25, 0.3) is 0 Å². The molecule has 1 fully saturated rings. The summed E-state index contributed by atoms with van der Waals surface area (Å²) in [7, 11) is 1.67. The number of carbonyl (C=O) groups is 1. The van der Waals surface area contributed by atoms with Crippen molar-refractivity contribution in [1.29, 1.82) is 0 Å². The molecule has 0 bridgehead atoms. The highest BCUT2D eigenvalue weighted by atomic mass is 35.5. The Morgan fingerprint density at radius 2 is 2.38 bits per heavy atom. The molecular weight excluding hydrogens is 308 g/mol. The summed E-state index contributed by atoms with van der Waals surface area (Å²) < 4.78 is 5.24. The average Bonchev–Trinajstić information content (AvgIpc) is 2.91. The van der Waals surface area contributed by atoms with Crippen molar-refractivity contribution >= 4 is 35.8 Å². The quantitative estimate of drug-likeness (QED) is 0.922. The zero-order chi connectivity index (χ0) is 13.9. The van der Waals surface area contributed by atoms with Crippen molar-refractivity contribution in [2.75, 3.05) is 36.6 Å². The van der Waals surface area contributed by atoms with Gasteiger partial charge in [0.2, 0.25) is 5.91 Å². The van der Waals surface area contributed by atoms with Crippen LogP contribution in [0.3, 0.4) is 0 Å². The summed E-state index contributed by atoms with van der Waals surface area (Å²) in [6, 6.07) is 6.29. The molecule has 116 valence electrons. The van der Waals surface area contributed by atoms with Gasteiger partial charge in [-0.05, 0) is 30.2 Å². The number of halogens is 1. The zero-order valence-corrected chi connectivity index (χ0v) is 13.8. The number of nitrogens with one attached hydrogen (secondary N) is 1. The highest BCUT2D eigenvalue weighted by Gasteiger charge is 2.27.